The van der Waals surface area contributed by atoms with Crippen molar-refractivity contribution in [2.24, 2.45) is 0 Å². The first-order valence-corrected chi connectivity index (χ1v) is 11.7. The van der Waals surface area contributed by atoms with Crippen molar-refractivity contribution in [3.05, 3.63) is 53.6 Å². The second kappa shape index (κ2) is 8.06. The minimum Gasteiger partial charge on any atom is -0.508 e. The van der Waals surface area contributed by atoms with Crippen LogP contribution in [0.15, 0.2) is 47.4 Å². The van der Waals surface area contributed by atoms with Crippen LogP contribution in [0.4, 0.5) is 5.69 Å². The van der Waals surface area contributed by atoms with Crippen molar-refractivity contribution in [2.45, 2.75) is 30.6 Å². The van der Waals surface area contributed by atoms with Gasteiger partial charge in [0.25, 0.3) is 0 Å². The molecule has 2 aromatic rings. The van der Waals surface area contributed by atoms with Gasteiger partial charge in [-0.25, -0.2) is 8.42 Å². The first-order chi connectivity index (χ1) is 13.9. The Hall–Kier alpha value is -2.54. The van der Waals surface area contributed by atoms with Crippen LogP contribution in [0.25, 0.3) is 0 Å². The van der Waals surface area contributed by atoms with E-state index in [0.717, 1.165) is 30.5 Å². The van der Waals surface area contributed by atoms with Gasteiger partial charge in [0, 0.05) is 38.3 Å². The van der Waals surface area contributed by atoms with Crippen LogP contribution in [0.5, 0.6) is 5.75 Å². The van der Waals surface area contributed by atoms with Crippen molar-refractivity contribution in [1.82, 2.24) is 4.90 Å². The maximum Gasteiger partial charge on any atom is 0.223 e. The Morgan fingerprint density at radius 3 is 2.34 bits per heavy atom. The molecule has 7 heteroatoms. The molecule has 4 rings (SSSR count). The van der Waals surface area contributed by atoms with E-state index >= 15 is 0 Å². The van der Waals surface area contributed by atoms with E-state index in [0.29, 0.717) is 31.1 Å². The van der Waals surface area contributed by atoms with Gasteiger partial charge in [0.05, 0.1) is 10.6 Å². The second-order valence-electron chi connectivity index (χ2n) is 7.74. The number of phenols is 1. The maximum absolute atomic E-state index is 12.7. The molecule has 0 radical (unpaired) electrons. The fourth-order valence-electron chi connectivity index (χ4n) is 4.12. The lowest BCUT2D eigenvalue weighted by Crippen LogP contribution is -2.49. The molecular weight excluding hydrogens is 388 g/mol. The predicted molar refractivity (Wildman–Crippen MR) is 112 cm³/mol. The van der Waals surface area contributed by atoms with Gasteiger partial charge in [-0.15, -0.1) is 0 Å². The molecule has 6 nitrogen and oxygen atoms in total. The number of piperazine rings is 1. The third-order valence-electron chi connectivity index (χ3n) is 5.86. The molecule has 1 N–H and O–H groups in total. The molecular formula is C22H26N2O4S. The number of carbonyl (C=O) groups is 1. The minimum absolute atomic E-state index is 0.0125. The summed E-state index contributed by atoms with van der Waals surface area (Å²) in [6, 6.07) is 12.4. The molecule has 0 aromatic heterocycles. The summed E-state index contributed by atoms with van der Waals surface area (Å²) < 4.78 is 25.4. The number of fused-ring (bicyclic) bond motifs is 1. The van der Waals surface area contributed by atoms with Crippen LogP contribution in [0.3, 0.4) is 0 Å². The lowest BCUT2D eigenvalue weighted by atomic mass is 10.1. The molecule has 1 aliphatic heterocycles. The SMILES string of the molecule is O=C(CCS(=O)(=O)c1ccc2c(c1)CCC2)N1CCN(c2ccc(O)cc2)CC1. The molecule has 0 saturated carbocycles. The summed E-state index contributed by atoms with van der Waals surface area (Å²) in [5, 5.41) is 9.40. The predicted octanol–water partition coefficient (Wildman–Crippen LogP) is 2.39. The van der Waals surface area contributed by atoms with Gasteiger partial charge in [-0.3, -0.25) is 4.79 Å². The van der Waals surface area contributed by atoms with Crippen molar-refractivity contribution in [2.75, 3.05) is 36.8 Å². The van der Waals surface area contributed by atoms with Crippen molar-refractivity contribution in [3.8, 4) is 5.75 Å². The van der Waals surface area contributed by atoms with Gasteiger partial charge in [0.15, 0.2) is 9.84 Å². The Kier molecular flexibility index (Phi) is 5.50. The minimum atomic E-state index is -3.46. The quantitative estimate of drug-likeness (QED) is 0.813. The highest BCUT2D eigenvalue weighted by molar-refractivity contribution is 7.91. The summed E-state index contributed by atoms with van der Waals surface area (Å²) in [6.45, 7) is 2.51. The van der Waals surface area contributed by atoms with Crippen LogP contribution >= 0.6 is 0 Å². The molecule has 1 fully saturated rings. The number of anilines is 1. The summed E-state index contributed by atoms with van der Waals surface area (Å²) >= 11 is 0. The highest BCUT2D eigenvalue weighted by atomic mass is 32.2. The van der Waals surface area contributed by atoms with E-state index in [2.05, 4.69) is 4.90 Å². The number of hydrogen-bond acceptors (Lipinski definition) is 5. The number of sulfone groups is 1. The van der Waals surface area contributed by atoms with E-state index < -0.39 is 9.84 Å². The summed E-state index contributed by atoms with van der Waals surface area (Å²) in [4.78, 5) is 16.8. The van der Waals surface area contributed by atoms with E-state index in [4.69, 9.17) is 0 Å². The lowest BCUT2D eigenvalue weighted by Gasteiger charge is -2.36. The molecule has 1 heterocycles. The third kappa shape index (κ3) is 4.40. The zero-order valence-electron chi connectivity index (χ0n) is 16.4. The molecule has 2 aromatic carbocycles. The topological polar surface area (TPSA) is 77.9 Å². The Bertz CT molecular complexity index is 994. The van der Waals surface area contributed by atoms with Crippen LogP contribution in [0.1, 0.15) is 24.0 Å². The Balaban J connectivity index is 1.31. The van der Waals surface area contributed by atoms with Crippen LogP contribution < -0.4 is 4.90 Å². The standard InChI is InChI=1S/C22H26N2O4S/c25-20-7-5-19(6-8-20)23-11-13-24(14-12-23)22(26)10-15-29(27,28)21-9-4-17-2-1-3-18(17)16-21/h4-9,16,25H,1-3,10-15H2. The maximum atomic E-state index is 12.7. The van der Waals surface area contributed by atoms with Crippen molar-refractivity contribution >= 4 is 21.4 Å². The zero-order chi connectivity index (χ0) is 20.4. The molecule has 29 heavy (non-hydrogen) atoms. The van der Waals surface area contributed by atoms with E-state index in [1.807, 2.05) is 18.2 Å². The van der Waals surface area contributed by atoms with Crippen LogP contribution in [0.2, 0.25) is 0 Å². The van der Waals surface area contributed by atoms with Crippen LogP contribution in [-0.4, -0.2) is 56.3 Å². The average molecular weight is 415 g/mol. The normalized spacial score (nSPS) is 16.7. The summed E-state index contributed by atoms with van der Waals surface area (Å²) in [7, 11) is -3.46. The molecule has 1 amide bonds. The number of rotatable bonds is 5. The zero-order valence-corrected chi connectivity index (χ0v) is 17.2. The summed E-state index contributed by atoms with van der Waals surface area (Å²) in [5.41, 5.74) is 3.38. The van der Waals surface area contributed by atoms with Crippen LogP contribution in [-0.2, 0) is 27.5 Å². The molecule has 0 unspecified atom stereocenters. The molecule has 0 bridgehead atoms. The second-order valence-corrected chi connectivity index (χ2v) is 9.85. The fraction of sp³-hybridized carbons (Fsp3) is 0.409. The Morgan fingerprint density at radius 1 is 0.931 bits per heavy atom. The molecule has 1 saturated heterocycles. The van der Waals surface area contributed by atoms with E-state index in [9.17, 15) is 18.3 Å². The number of nitrogens with zero attached hydrogens (tertiary/aromatic N) is 2. The number of aryl methyl sites for hydroxylation is 2. The smallest absolute Gasteiger partial charge is 0.223 e. The Morgan fingerprint density at radius 2 is 1.62 bits per heavy atom. The van der Waals surface area contributed by atoms with Gasteiger partial charge in [0.2, 0.25) is 5.91 Å². The monoisotopic (exact) mass is 414 g/mol. The number of carbonyl (C=O) groups excluding carboxylic acids is 1. The third-order valence-corrected chi connectivity index (χ3v) is 7.57. The van der Waals surface area contributed by atoms with Crippen LogP contribution in [0, 0.1) is 0 Å². The molecule has 0 spiro atoms. The van der Waals surface area contributed by atoms with E-state index in [1.165, 1.54) is 5.56 Å². The summed E-state index contributed by atoms with van der Waals surface area (Å²) in [5.74, 6) is -0.0322. The largest absolute Gasteiger partial charge is 0.508 e. The average Bonchev–Trinajstić information content (AvgIpc) is 3.21. The van der Waals surface area contributed by atoms with Crippen molar-refractivity contribution in [3.63, 3.8) is 0 Å². The van der Waals surface area contributed by atoms with E-state index in [-0.39, 0.29) is 23.8 Å². The highest BCUT2D eigenvalue weighted by Crippen LogP contribution is 2.25. The number of amides is 1. The van der Waals surface area contributed by atoms with Gasteiger partial charge in [0.1, 0.15) is 5.75 Å². The lowest BCUT2D eigenvalue weighted by molar-refractivity contribution is -0.131. The van der Waals surface area contributed by atoms with Gasteiger partial charge in [-0.2, -0.15) is 0 Å². The Labute approximate surface area is 171 Å². The van der Waals surface area contributed by atoms with E-state index in [1.54, 1.807) is 29.2 Å². The fourth-order valence-corrected chi connectivity index (χ4v) is 5.39. The van der Waals surface area contributed by atoms with Crippen molar-refractivity contribution < 1.29 is 18.3 Å². The van der Waals surface area contributed by atoms with Gasteiger partial charge < -0.3 is 14.9 Å². The summed E-state index contributed by atoms with van der Waals surface area (Å²) in [6.07, 6.45) is 3.04. The first kappa shape index (κ1) is 19.8. The molecule has 1 aliphatic carbocycles. The first-order valence-electron chi connectivity index (χ1n) is 10.1. The van der Waals surface area contributed by atoms with Gasteiger partial charge in [-0.05, 0) is 66.8 Å². The van der Waals surface area contributed by atoms with Crippen molar-refractivity contribution in [1.29, 1.82) is 0 Å². The highest BCUT2D eigenvalue weighted by Gasteiger charge is 2.24. The number of hydrogen-bond donors (Lipinski definition) is 1. The number of phenolic OH excluding ortho intramolecular Hbond substituents is 1. The number of aromatic hydroxyl groups is 1. The number of benzene rings is 2. The molecule has 154 valence electrons. The van der Waals surface area contributed by atoms with Gasteiger partial charge >= 0.3 is 0 Å². The molecule has 0 atom stereocenters. The molecule has 2 aliphatic rings. The van der Waals surface area contributed by atoms with Gasteiger partial charge in [-0.1, -0.05) is 6.07 Å².